The molecular weight excluding hydrogens is 298 g/mol. The van der Waals surface area contributed by atoms with E-state index >= 15 is 0 Å². The molecule has 2 fully saturated rings. The minimum atomic E-state index is -0.791. The Balaban J connectivity index is 2.11. The molecule has 130 valence electrons. The summed E-state index contributed by atoms with van der Waals surface area (Å²) in [5.41, 5.74) is -1.33. The van der Waals surface area contributed by atoms with E-state index in [0.29, 0.717) is 39.0 Å². The fourth-order valence-electron chi connectivity index (χ4n) is 3.37. The van der Waals surface area contributed by atoms with Crippen molar-refractivity contribution in [2.24, 2.45) is 0 Å². The van der Waals surface area contributed by atoms with Gasteiger partial charge in [-0.15, -0.1) is 0 Å². The van der Waals surface area contributed by atoms with Gasteiger partial charge in [0.2, 0.25) is 0 Å². The van der Waals surface area contributed by atoms with Gasteiger partial charge < -0.3 is 14.5 Å². The standard InChI is InChI=1S/C16H27N3O4/c1-6-18-12(20)16(19(7-2)13(18)21)8-10-17(11-9-16)14(22)23-15(3,4)5/h6-11H2,1-5H3. The second-order valence-electron chi connectivity index (χ2n) is 7.08. The van der Waals surface area contributed by atoms with Crippen molar-refractivity contribution in [1.29, 1.82) is 0 Å². The van der Waals surface area contributed by atoms with E-state index in [1.54, 1.807) is 16.7 Å². The number of urea groups is 1. The van der Waals surface area contributed by atoms with Crippen molar-refractivity contribution in [3.05, 3.63) is 0 Å². The first-order valence-electron chi connectivity index (χ1n) is 8.27. The molecule has 0 bridgehead atoms. The Morgan fingerprint density at radius 2 is 1.70 bits per heavy atom. The molecule has 0 radical (unpaired) electrons. The Kier molecular flexibility index (Phi) is 4.59. The second kappa shape index (κ2) is 6.02. The molecule has 2 rings (SSSR count). The van der Waals surface area contributed by atoms with Gasteiger partial charge in [-0.3, -0.25) is 9.69 Å². The van der Waals surface area contributed by atoms with Gasteiger partial charge >= 0.3 is 12.1 Å². The lowest BCUT2D eigenvalue weighted by Gasteiger charge is -2.41. The highest BCUT2D eigenvalue weighted by Gasteiger charge is 2.57. The van der Waals surface area contributed by atoms with Crippen molar-refractivity contribution in [2.45, 2.75) is 58.6 Å². The van der Waals surface area contributed by atoms with Crippen molar-refractivity contribution < 1.29 is 19.1 Å². The van der Waals surface area contributed by atoms with Crippen LogP contribution in [0.5, 0.6) is 0 Å². The first-order valence-corrected chi connectivity index (χ1v) is 8.27. The summed E-state index contributed by atoms with van der Waals surface area (Å²) in [4.78, 5) is 41.9. The van der Waals surface area contributed by atoms with Crippen LogP contribution in [0.15, 0.2) is 0 Å². The number of nitrogens with zero attached hydrogens (tertiary/aromatic N) is 3. The highest BCUT2D eigenvalue weighted by molar-refractivity contribution is 6.07. The van der Waals surface area contributed by atoms with Crippen molar-refractivity contribution in [3.8, 4) is 0 Å². The van der Waals surface area contributed by atoms with Crippen LogP contribution < -0.4 is 0 Å². The maximum Gasteiger partial charge on any atom is 0.410 e. The largest absolute Gasteiger partial charge is 0.444 e. The predicted octanol–water partition coefficient (Wildman–Crippen LogP) is 2.06. The lowest BCUT2D eigenvalue weighted by atomic mass is 9.86. The lowest BCUT2D eigenvalue weighted by Crippen LogP contribution is -2.57. The van der Waals surface area contributed by atoms with Gasteiger partial charge in [0, 0.05) is 26.2 Å². The van der Waals surface area contributed by atoms with E-state index in [9.17, 15) is 14.4 Å². The van der Waals surface area contributed by atoms with Crippen molar-refractivity contribution in [3.63, 3.8) is 0 Å². The predicted molar refractivity (Wildman–Crippen MR) is 84.9 cm³/mol. The Morgan fingerprint density at radius 3 is 2.13 bits per heavy atom. The van der Waals surface area contributed by atoms with Crippen molar-refractivity contribution in [1.82, 2.24) is 14.7 Å². The van der Waals surface area contributed by atoms with Crippen LogP contribution in [0.3, 0.4) is 0 Å². The van der Waals surface area contributed by atoms with Crippen LogP contribution in [0, 0.1) is 0 Å². The second-order valence-corrected chi connectivity index (χ2v) is 7.08. The average molecular weight is 325 g/mol. The van der Waals surface area contributed by atoms with Crippen molar-refractivity contribution in [2.75, 3.05) is 26.2 Å². The average Bonchev–Trinajstić information content (AvgIpc) is 2.65. The van der Waals surface area contributed by atoms with Crippen LogP contribution in [0.2, 0.25) is 0 Å². The maximum absolute atomic E-state index is 12.7. The van der Waals surface area contributed by atoms with Gasteiger partial charge in [0.1, 0.15) is 11.1 Å². The fraction of sp³-hybridized carbons (Fsp3) is 0.812. The zero-order chi connectivity index (χ0) is 17.4. The number of amides is 4. The third-order valence-corrected chi connectivity index (χ3v) is 4.50. The van der Waals surface area contributed by atoms with Crippen molar-refractivity contribution >= 4 is 18.0 Å². The molecule has 4 amide bonds. The summed E-state index contributed by atoms with van der Waals surface area (Å²) in [5, 5.41) is 0. The van der Waals surface area contributed by atoms with Crippen LogP contribution in [0.1, 0.15) is 47.5 Å². The van der Waals surface area contributed by atoms with E-state index in [2.05, 4.69) is 0 Å². The van der Waals surface area contributed by atoms with Crippen LogP contribution in [0.4, 0.5) is 9.59 Å². The van der Waals surface area contributed by atoms with Gasteiger partial charge in [0.25, 0.3) is 5.91 Å². The minimum absolute atomic E-state index is 0.129. The summed E-state index contributed by atoms with van der Waals surface area (Å²) in [6.07, 6.45) is 0.557. The molecule has 2 saturated heterocycles. The number of likely N-dealkylation sites (tertiary alicyclic amines) is 1. The van der Waals surface area contributed by atoms with Gasteiger partial charge in [-0.1, -0.05) is 0 Å². The topological polar surface area (TPSA) is 70.2 Å². The van der Waals surface area contributed by atoms with E-state index in [-0.39, 0.29) is 18.0 Å². The van der Waals surface area contributed by atoms with E-state index in [1.165, 1.54) is 4.90 Å². The molecule has 2 heterocycles. The monoisotopic (exact) mass is 325 g/mol. The van der Waals surface area contributed by atoms with Gasteiger partial charge in [-0.2, -0.15) is 0 Å². The number of imide groups is 1. The molecule has 0 saturated carbocycles. The van der Waals surface area contributed by atoms with Gasteiger partial charge in [0.05, 0.1) is 0 Å². The Bertz CT molecular complexity index is 504. The number of carbonyl (C=O) groups is 3. The first kappa shape index (κ1) is 17.6. The number of hydrogen-bond donors (Lipinski definition) is 0. The van der Waals surface area contributed by atoms with Crippen LogP contribution in [0.25, 0.3) is 0 Å². The van der Waals surface area contributed by atoms with Crippen LogP contribution in [-0.2, 0) is 9.53 Å². The maximum atomic E-state index is 12.7. The Hall–Kier alpha value is -1.79. The summed E-state index contributed by atoms with van der Waals surface area (Å²) >= 11 is 0. The van der Waals surface area contributed by atoms with Gasteiger partial charge in [0.15, 0.2) is 0 Å². The lowest BCUT2D eigenvalue weighted by molar-refractivity contribution is -0.135. The van der Waals surface area contributed by atoms with E-state index in [4.69, 9.17) is 4.74 Å². The van der Waals surface area contributed by atoms with Crippen LogP contribution in [-0.4, -0.2) is 70.1 Å². The van der Waals surface area contributed by atoms with Gasteiger partial charge in [-0.25, -0.2) is 9.59 Å². The molecule has 7 heteroatoms. The Morgan fingerprint density at radius 1 is 1.13 bits per heavy atom. The molecule has 0 aromatic rings. The van der Waals surface area contributed by atoms with Gasteiger partial charge in [-0.05, 0) is 47.5 Å². The summed E-state index contributed by atoms with van der Waals surface area (Å²) in [5.74, 6) is -0.129. The molecule has 7 nitrogen and oxygen atoms in total. The molecule has 23 heavy (non-hydrogen) atoms. The number of hydrogen-bond acceptors (Lipinski definition) is 4. The smallest absolute Gasteiger partial charge is 0.410 e. The number of rotatable bonds is 2. The number of likely N-dealkylation sites (N-methyl/N-ethyl adjacent to an activating group) is 2. The highest BCUT2D eigenvalue weighted by Crippen LogP contribution is 2.37. The molecule has 2 aliphatic rings. The molecule has 0 unspecified atom stereocenters. The highest BCUT2D eigenvalue weighted by atomic mass is 16.6. The molecule has 0 aliphatic carbocycles. The van der Waals surface area contributed by atoms with E-state index in [1.807, 2.05) is 27.7 Å². The number of piperidine rings is 1. The van der Waals surface area contributed by atoms with E-state index in [0.717, 1.165) is 0 Å². The Labute approximate surface area is 137 Å². The zero-order valence-corrected chi connectivity index (χ0v) is 14.7. The molecular formula is C16H27N3O4. The summed E-state index contributed by atoms with van der Waals surface area (Å²) in [6, 6.07) is -0.217. The van der Waals surface area contributed by atoms with Crippen LogP contribution >= 0.6 is 0 Å². The molecule has 1 spiro atoms. The minimum Gasteiger partial charge on any atom is -0.444 e. The summed E-state index contributed by atoms with van der Waals surface area (Å²) in [7, 11) is 0. The SMILES string of the molecule is CCN1C(=O)N(CC)C2(CCN(C(=O)OC(C)(C)C)CC2)C1=O. The first-order chi connectivity index (χ1) is 10.7. The number of carbonyl (C=O) groups excluding carboxylic acids is 3. The molecule has 0 aromatic carbocycles. The molecule has 0 aromatic heterocycles. The zero-order valence-electron chi connectivity index (χ0n) is 14.7. The number of ether oxygens (including phenoxy) is 1. The molecule has 0 atom stereocenters. The third-order valence-electron chi connectivity index (χ3n) is 4.50. The molecule has 2 aliphatic heterocycles. The summed E-state index contributed by atoms with van der Waals surface area (Å²) < 4.78 is 5.38. The quantitative estimate of drug-likeness (QED) is 0.729. The molecule has 0 N–H and O–H groups in total. The third kappa shape index (κ3) is 3.01. The summed E-state index contributed by atoms with van der Waals surface area (Å²) in [6.45, 7) is 10.9. The normalized spacial score (nSPS) is 21.3. The fourth-order valence-corrected chi connectivity index (χ4v) is 3.37. The van der Waals surface area contributed by atoms with E-state index < -0.39 is 11.1 Å².